The number of benzene rings is 4. The summed E-state index contributed by atoms with van der Waals surface area (Å²) in [5.41, 5.74) is 2.74. The number of nitrogens with zero attached hydrogens (tertiary/aromatic N) is 1. The molecule has 168 valence electrons. The van der Waals surface area contributed by atoms with Crippen LogP contribution in [0, 0.1) is 0 Å². The molecular weight excluding hydrogens is 466 g/mol. The Morgan fingerprint density at radius 3 is 2.50 bits per heavy atom. The molecule has 34 heavy (non-hydrogen) atoms. The quantitative estimate of drug-likeness (QED) is 0.269. The molecule has 1 saturated heterocycles. The highest BCUT2D eigenvalue weighted by Crippen LogP contribution is 2.34. The lowest BCUT2D eigenvalue weighted by molar-refractivity contribution is -0.123. The van der Waals surface area contributed by atoms with Gasteiger partial charge >= 0.3 is 0 Å². The van der Waals surface area contributed by atoms with Crippen molar-refractivity contribution in [2.45, 2.75) is 13.2 Å². The summed E-state index contributed by atoms with van der Waals surface area (Å²) in [5, 5.41) is 2.54. The summed E-state index contributed by atoms with van der Waals surface area (Å²) in [6.07, 6.45) is 1.74. The Kier molecular flexibility index (Phi) is 6.39. The van der Waals surface area contributed by atoms with E-state index >= 15 is 0 Å². The van der Waals surface area contributed by atoms with Crippen molar-refractivity contribution in [2.24, 2.45) is 0 Å². The molecule has 2 amide bonds. The first kappa shape index (κ1) is 22.3. The van der Waals surface area contributed by atoms with Gasteiger partial charge in [-0.15, -0.1) is 0 Å². The summed E-state index contributed by atoms with van der Waals surface area (Å²) in [5.74, 6) is 0.397. The monoisotopic (exact) mass is 485 g/mol. The van der Waals surface area contributed by atoms with Gasteiger partial charge in [-0.25, -0.2) is 0 Å². The van der Waals surface area contributed by atoms with Crippen molar-refractivity contribution in [2.75, 3.05) is 0 Å². The Labute approximate surface area is 206 Å². The second-order valence-corrected chi connectivity index (χ2v) is 9.32. The molecule has 0 N–H and O–H groups in total. The van der Waals surface area contributed by atoms with Crippen LogP contribution in [0.3, 0.4) is 0 Å². The molecule has 0 bridgehead atoms. The maximum Gasteiger partial charge on any atom is 0.293 e. The van der Waals surface area contributed by atoms with Gasteiger partial charge < -0.3 is 4.74 Å². The molecule has 1 aliphatic rings. The molecule has 1 heterocycles. The lowest BCUT2D eigenvalue weighted by Crippen LogP contribution is -2.27. The van der Waals surface area contributed by atoms with Crippen molar-refractivity contribution < 1.29 is 14.3 Å². The van der Waals surface area contributed by atoms with Crippen molar-refractivity contribution in [3.63, 3.8) is 0 Å². The molecule has 1 aliphatic heterocycles. The predicted octanol–water partition coefficient (Wildman–Crippen LogP) is 7.31. The van der Waals surface area contributed by atoms with Crippen LogP contribution in [0.15, 0.2) is 95.9 Å². The molecule has 4 nitrogen and oxygen atoms in total. The molecule has 6 heteroatoms. The third-order valence-electron chi connectivity index (χ3n) is 5.56. The standard InChI is InChI=1S/C28H20ClNO3S/c29-23-13-11-19(12-14-23)18-33-24-9-3-5-20(15-24)16-26-27(31)30(28(32)34-26)17-22-8-4-7-21-6-1-2-10-25(21)22/h1-16H,17-18H2/b26-16-. The van der Waals surface area contributed by atoms with Gasteiger partial charge in [0.2, 0.25) is 0 Å². The summed E-state index contributed by atoms with van der Waals surface area (Å²) in [4.78, 5) is 27.4. The number of amides is 2. The minimum Gasteiger partial charge on any atom is -0.489 e. The number of halogens is 1. The molecule has 0 unspecified atom stereocenters. The van der Waals surface area contributed by atoms with E-state index in [1.54, 1.807) is 6.08 Å². The molecule has 4 aromatic carbocycles. The van der Waals surface area contributed by atoms with Crippen LogP contribution in [-0.2, 0) is 17.9 Å². The van der Waals surface area contributed by atoms with Crippen LogP contribution in [0.4, 0.5) is 4.79 Å². The molecule has 0 atom stereocenters. The molecule has 0 spiro atoms. The number of hydrogen-bond acceptors (Lipinski definition) is 4. The summed E-state index contributed by atoms with van der Waals surface area (Å²) in [6, 6.07) is 28.8. The highest BCUT2D eigenvalue weighted by molar-refractivity contribution is 8.18. The SMILES string of the molecule is O=C1S/C(=C\c2cccc(OCc3ccc(Cl)cc3)c2)C(=O)N1Cc1cccc2ccccc12. The fourth-order valence-electron chi connectivity index (χ4n) is 3.83. The van der Waals surface area contributed by atoms with Crippen LogP contribution < -0.4 is 4.74 Å². The van der Waals surface area contributed by atoms with E-state index in [1.807, 2.05) is 91.0 Å². The predicted molar refractivity (Wildman–Crippen MR) is 138 cm³/mol. The number of ether oxygens (including phenoxy) is 1. The van der Waals surface area contributed by atoms with Gasteiger partial charge in [0.1, 0.15) is 12.4 Å². The molecular formula is C28H20ClNO3S. The van der Waals surface area contributed by atoms with E-state index in [2.05, 4.69) is 0 Å². The molecule has 0 aliphatic carbocycles. The van der Waals surface area contributed by atoms with Crippen molar-refractivity contribution in [1.82, 2.24) is 4.90 Å². The topological polar surface area (TPSA) is 46.6 Å². The minimum atomic E-state index is -0.282. The summed E-state index contributed by atoms with van der Waals surface area (Å²) >= 11 is 6.89. The van der Waals surface area contributed by atoms with E-state index in [0.29, 0.717) is 22.3 Å². The largest absolute Gasteiger partial charge is 0.489 e. The highest BCUT2D eigenvalue weighted by atomic mass is 35.5. The van der Waals surface area contributed by atoms with Gasteiger partial charge in [-0.3, -0.25) is 14.5 Å². The van der Waals surface area contributed by atoms with E-state index < -0.39 is 0 Å². The van der Waals surface area contributed by atoms with Gasteiger partial charge in [-0.05, 0) is 69.6 Å². The summed E-state index contributed by atoms with van der Waals surface area (Å²) in [7, 11) is 0. The molecule has 0 radical (unpaired) electrons. The zero-order valence-corrected chi connectivity index (χ0v) is 19.7. The third kappa shape index (κ3) is 4.86. The number of carbonyl (C=O) groups excluding carboxylic acids is 2. The number of hydrogen-bond donors (Lipinski definition) is 0. The van der Waals surface area contributed by atoms with Crippen LogP contribution in [0.2, 0.25) is 5.02 Å². The lowest BCUT2D eigenvalue weighted by atomic mass is 10.0. The maximum atomic E-state index is 13.1. The Morgan fingerprint density at radius 1 is 0.882 bits per heavy atom. The van der Waals surface area contributed by atoms with Gasteiger partial charge in [0.25, 0.3) is 11.1 Å². The number of carbonyl (C=O) groups is 2. The Morgan fingerprint density at radius 2 is 1.65 bits per heavy atom. The van der Waals surface area contributed by atoms with Crippen molar-refractivity contribution in [3.05, 3.63) is 118 Å². The van der Waals surface area contributed by atoms with Crippen molar-refractivity contribution >= 4 is 51.4 Å². The third-order valence-corrected chi connectivity index (χ3v) is 6.72. The second kappa shape index (κ2) is 9.75. The zero-order chi connectivity index (χ0) is 23.5. The number of fused-ring (bicyclic) bond motifs is 1. The fraction of sp³-hybridized carbons (Fsp3) is 0.0714. The number of thioether (sulfide) groups is 1. The molecule has 5 rings (SSSR count). The summed E-state index contributed by atoms with van der Waals surface area (Å²) < 4.78 is 5.88. The summed E-state index contributed by atoms with van der Waals surface area (Å²) in [6.45, 7) is 0.649. The maximum absolute atomic E-state index is 13.1. The van der Waals surface area contributed by atoms with E-state index in [0.717, 1.165) is 39.2 Å². The van der Waals surface area contributed by atoms with Crippen LogP contribution in [0.5, 0.6) is 5.75 Å². The first-order valence-electron chi connectivity index (χ1n) is 10.8. The van der Waals surface area contributed by atoms with E-state index in [1.165, 1.54) is 4.90 Å². The minimum absolute atomic E-state index is 0.244. The Bertz CT molecular complexity index is 1410. The van der Waals surface area contributed by atoms with E-state index in [9.17, 15) is 9.59 Å². The van der Waals surface area contributed by atoms with Gasteiger partial charge in [0.15, 0.2) is 0 Å². The van der Waals surface area contributed by atoms with E-state index in [4.69, 9.17) is 16.3 Å². The lowest BCUT2D eigenvalue weighted by Gasteiger charge is -2.14. The first-order chi connectivity index (χ1) is 16.6. The smallest absolute Gasteiger partial charge is 0.293 e. The van der Waals surface area contributed by atoms with Crippen molar-refractivity contribution in [1.29, 1.82) is 0 Å². The number of imide groups is 1. The fourth-order valence-corrected chi connectivity index (χ4v) is 4.79. The Hall–Kier alpha value is -3.54. The average Bonchev–Trinajstić information content (AvgIpc) is 3.11. The molecule has 4 aromatic rings. The van der Waals surface area contributed by atoms with Gasteiger partial charge in [-0.2, -0.15) is 0 Å². The average molecular weight is 486 g/mol. The number of rotatable bonds is 6. The van der Waals surface area contributed by atoms with Gasteiger partial charge in [-0.1, -0.05) is 78.3 Å². The molecule has 0 aromatic heterocycles. The second-order valence-electron chi connectivity index (χ2n) is 7.89. The molecule has 0 saturated carbocycles. The van der Waals surface area contributed by atoms with Gasteiger partial charge in [0, 0.05) is 5.02 Å². The molecule has 1 fully saturated rings. The van der Waals surface area contributed by atoms with E-state index in [-0.39, 0.29) is 17.7 Å². The van der Waals surface area contributed by atoms with Crippen LogP contribution in [0.1, 0.15) is 16.7 Å². The van der Waals surface area contributed by atoms with Gasteiger partial charge in [0.05, 0.1) is 11.4 Å². The highest BCUT2D eigenvalue weighted by Gasteiger charge is 2.35. The normalized spacial score (nSPS) is 14.9. The van der Waals surface area contributed by atoms with Crippen LogP contribution in [-0.4, -0.2) is 16.0 Å². The Balaban J connectivity index is 1.31. The van der Waals surface area contributed by atoms with Crippen LogP contribution in [0.25, 0.3) is 16.8 Å². The van der Waals surface area contributed by atoms with Crippen molar-refractivity contribution in [3.8, 4) is 5.75 Å². The van der Waals surface area contributed by atoms with Crippen LogP contribution >= 0.6 is 23.4 Å². The first-order valence-corrected chi connectivity index (χ1v) is 12.0. The zero-order valence-electron chi connectivity index (χ0n) is 18.1.